The summed E-state index contributed by atoms with van der Waals surface area (Å²) in [5.74, 6) is -5.35. The molecule has 88 valence electrons. The fourth-order valence-electron chi connectivity index (χ4n) is 1.21. The summed E-state index contributed by atoms with van der Waals surface area (Å²) in [4.78, 5) is 20.8. The van der Waals surface area contributed by atoms with Crippen molar-refractivity contribution in [1.29, 1.82) is 0 Å². The number of carbonyl (C=O) groups is 2. The van der Waals surface area contributed by atoms with Crippen LogP contribution in [0, 0.1) is 5.92 Å². The van der Waals surface area contributed by atoms with Crippen LogP contribution in [0.2, 0.25) is 0 Å². The summed E-state index contributed by atoms with van der Waals surface area (Å²) in [6, 6.07) is 0. The molecule has 1 unspecified atom stereocenters. The van der Waals surface area contributed by atoms with Crippen LogP contribution in [0.1, 0.15) is 32.6 Å². The minimum Gasteiger partial charge on any atom is -0.481 e. The highest BCUT2D eigenvalue weighted by Gasteiger charge is 2.30. The molecule has 6 heteroatoms. The first-order chi connectivity index (χ1) is 6.78. The second kappa shape index (κ2) is 5.67. The average molecular weight is 220 g/mol. The van der Waals surface area contributed by atoms with Crippen LogP contribution in [-0.4, -0.2) is 38.2 Å². The van der Waals surface area contributed by atoms with Gasteiger partial charge in [-0.25, -0.2) is 0 Å². The van der Waals surface area contributed by atoms with Crippen molar-refractivity contribution in [2.75, 3.05) is 0 Å². The first-order valence-corrected chi connectivity index (χ1v) is 4.68. The molecule has 0 aromatic heterocycles. The average Bonchev–Trinajstić information content (AvgIpc) is 2.11. The molecule has 0 bridgehead atoms. The zero-order valence-electron chi connectivity index (χ0n) is 8.51. The Kier molecular flexibility index (Phi) is 5.24. The van der Waals surface area contributed by atoms with Crippen molar-refractivity contribution in [3.8, 4) is 0 Å². The van der Waals surface area contributed by atoms with Gasteiger partial charge in [-0.05, 0) is 6.42 Å². The predicted octanol–water partition coefficient (Wildman–Crippen LogP) is 0.0330. The van der Waals surface area contributed by atoms with Gasteiger partial charge in [0.05, 0.1) is 12.3 Å². The Balaban J connectivity index is 4.21. The highest BCUT2D eigenvalue weighted by molar-refractivity contribution is 5.70. The topological polar surface area (TPSA) is 115 Å². The van der Waals surface area contributed by atoms with Gasteiger partial charge in [0.2, 0.25) is 0 Å². The molecular weight excluding hydrogens is 204 g/mol. The van der Waals surface area contributed by atoms with E-state index in [1.807, 2.05) is 0 Å². The zero-order valence-corrected chi connectivity index (χ0v) is 8.51. The van der Waals surface area contributed by atoms with E-state index in [1.54, 1.807) is 6.92 Å². The molecule has 0 aliphatic carbocycles. The molecule has 0 rings (SSSR count). The van der Waals surface area contributed by atoms with Gasteiger partial charge in [-0.15, -0.1) is 0 Å². The third-order valence-electron chi connectivity index (χ3n) is 2.15. The Morgan fingerprint density at radius 2 is 1.80 bits per heavy atom. The van der Waals surface area contributed by atoms with Crippen molar-refractivity contribution >= 4 is 11.9 Å². The number of aliphatic hydroxyl groups is 2. The predicted molar refractivity (Wildman–Crippen MR) is 50.1 cm³/mol. The highest BCUT2D eigenvalue weighted by atomic mass is 16.5. The standard InChI is InChI=1S/C9H16O6/c1-2-6(8(12)13)5-9(14,15)4-3-7(10)11/h6,14-15H,2-5H2,1H3,(H,10,11)(H,12,13). The van der Waals surface area contributed by atoms with Gasteiger partial charge in [0, 0.05) is 12.8 Å². The molecule has 1 atom stereocenters. The summed E-state index contributed by atoms with van der Waals surface area (Å²) in [6.07, 6.45) is -0.855. The monoisotopic (exact) mass is 220 g/mol. The SMILES string of the molecule is CCC(CC(O)(O)CCC(=O)O)C(=O)O. The van der Waals surface area contributed by atoms with Crippen LogP contribution in [0.25, 0.3) is 0 Å². The summed E-state index contributed by atoms with van der Waals surface area (Å²) in [6.45, 7) is 1.62. The molecule has 0 aliphatic rings. The van der Waals surface area contributed by atoms with Gasteiger partial charge in [-0.2, -0.15) is 0 Å². The number of aliphatic carboxylic acids is 2. The summed E-state index contributed by atoms with van der Waals surface area (Å²) in [5.41, 5.74) is 0. The second-order valence-corrected chi connectivity index (χ2v) is 3.52. The molecule has 0 saturated heterocycles. The van der Waals surface area contributed by atoms with Crippen LogP contribution in [0.5, 0.6) is 0 Å². The molecule has 0 heterocycles. The van der Waals surface area contributed by atoms with Gasteiger partial charge in [0.15, 0.2) is 5.79 Å². The van der Waals surface area contributed by atoms with Crippen LogP contribution in [0.15, 0.2) is 0 Å². The Morgan fingerprint density at radius 1 is 1.27 bits per heavy atom. The fourth-order valence-corrected chi connectivity index (χ4v) is 1.21. The van der Waals surface area contributed by atoms with Crippen LogP contribution in [-0.2, 0) is 9.59 Å². The quantitative estimate of drug-likeness (QED) is 0.450. The van der Waals surface area contributed by atoms with E-state index in [9.17, 15) is 19.8 Å². The molecular formula is C9H16O6. The molecule has 4 N–H and O–H groups in total. The molecule has 0 saturated carbocycles. The van der Waals surface area contributed by atoms with Crippen molar-refractivity contribution in [1.82, 2.24) is 0 Å². The van der Waals surface area contributed by atoms with Gasteiger partial charge >= 0.3 is 11.9 Å². The van der Waals surface area contributed by atoms with Crippen molar-refractivity contribution < 1.29 is 30.0 Å². The zero-order chi connectivity index (χ0) is 12.1. The Hall–Kier alpha value is -1.14. The van der Waals surface area contributed by atoms with E-state index in [2.05, 4.69) is 0 Å². The lowest BCUT2D eigenvalue weighted by atomic mass is 9.94. The van der Waals surface area contributed by atoms with E-state index in [0.717, 1.165) is 0 Å². The number of hydrogen-bond acceptors (Lipinski definition) is 4. The summed E-state index contributed by atoms with van der Waals surface area (Å²) in [5, 5.41) is 35.7. The van der Waals surface area contributed by atoms with Crippen LogP contribution < -0.4 is 0 Å². The van der Waals surface area contributed by atoms with Gasteiger partial charge in [-0.1, -0.05) is 6.92 Å². The van der Waals surface area contributed by atoms with E-state index < -0.39 is 30.1 Å². The van der Waals surface area contributed by atoms with Crippen molar-refractivity contribution in [3.05, 3.63) is 0 Å². The number of hydrogen-bond donors (Lipinski definition) is 4. The molecule has 6 nitrogen and oxygen atoms in total. The summed E-state index contributed by atoms with van der Waals surface area (Å²) in [7, 11) is 0. The van der Waals surface area contributed by atoms with E-state index in [1.165, 1.54) is 0 Å². The van der Waals surface area contributed by atoms with Gasteiger partial charge in [0.1, 0.15) is 0 Å². The van der Waals surface area contributed by atoms with E-state index in [0.29, 0.717) is 0 Å². The lowest BCUT2D eigenvalue weighted by Crippen LogP contribution is -2.34. The Labute approximate surface area is 87.2 Å². The largest absolute Gasteiger partial charge is 0.481 e. The Bertz CT molecular complexity index is 235. The molecule has 0 aromatic rings. The lowest BCUT2D eigenvalue weighted by molar-refractivity contribution is -0.188. The van der Waals surface area contributed by atoms with E-state index >= 15 is 0 Å². The summed E-state index contributed by atoms with van der Waals surface area (Å²) < 4.78 is 0. The highest BCUT2D eigenvalue weighted by Crippen LogP contribution is 2.22. The van der Waals surface area contributed by atoms with Crippen LogP contribution in [0.4, 0.5) is 0 Å². The first-order valence-electron chi connectivity index (χ1n) is 4.68. The summed E-state index contributed by atoms with van der Waals surface area (Å²) >= 11 is 0. The van der Waals surface area contributed by atoms with Crippen molar-refractivity contribution in [3.63, 3.8) is 0 Å². The van der Waals surface area contributed by atoms with E-state index in [-0.39, 0.29) is 19.3 Å². The van der Waals surface area contributed by atoms with Crippen molar-refractivity contribution in [2.45, 2.75) is 38.4 Å². The smallest absolute Gasteiger partial charge is 0.306 e. The molecule has 0 amide bonds. The maximum absolute atomic E-state index is 10.6. The molecule has 15 heavy (non-hydrogen) atoms. The normalized spacial score (nSPS) is 13.5. The van der Waals surface area contributed by atoms with Crippen LogP contribution >= 0.6 is 0 Å². The number of rotatable bonds is 7. The minimum atomic E-state index is -2.22. The lowest BCUT2D eigenvalue weighted by Gasteiger charge is -2.23. The molecule has 0 aromatic carbocycles. The number of carboxylic acid groups (broad SMARTS) is 2. The maximum Gasteiger partial charge on any atom is 0.306 e. The minimum absolute atomic E-state index is 0.269. The van der Waals surface area contributed by atoms with E-state index in [4.69, 9.17) is 10.2 Å². The van der Waals surface area contributed by atoms with Gasteiger partial charge in [-0.3, -0.25) is 9.59 Å². The van der Waals surface area contributed by atoms with Gasteiger partial charge < -0.3 is 20.4 Å². The molecule has 0 spiro atoms. The van der Waals surface area contributed by atoms with Gasteiger partial charge in [0.25, 0.3) is 0 Å². The third kappa shape index (κ3) is 6.03. The molecule has 0 fully saturated rings. The first kappa shape index (κ1) is 13.9. The number of carboxylic acids is 2. The third-order valence-corrected chi connectivity index (χ3v) is 2.15. The van der Waals surface area contributed by atoms with Crippen LogP contribution in [0.3, 0.4) is 0 Å². The second-order valence-electron chi connectivity index (χ2n) is 3.52. The molecule has 0 aliphatic heterocycles. The Morgan fingerprint density at radius 3 is 2.13 bits per heavy atom. The molecule has 0 radical (unpaired) electrons. The van der Waals surface area contributed by atoms with Crippen molar-refractivity contribution in [2.24, 2.45) is 5.92 Å². The fraction of sp³-hybridized carbons (Fsp3) is 0.778. The maximum atomic E-state index is 10.6.